The van der Waals surface area contributed by atoms with Crippen molar-refractivity contribution in [2.24, 2.45) is 0 Å². The van der Waals surface area contributed by atoms with Crippen LogP contribution in [0.2, 0.25) is 0 Å². The first-order valence-electron chi connectivity index (χ1n) is 8.67. The summed E-state index contributed by atoms with van der Waals surface area (Å²) < 4.78 is 33.8. The summed E-state index contributed by atoms with van der Waals surface area (Å²) in [5.41, 5.74) is 2.99. The van der Waals surface area contributed by atoms with Gasteiger partial charge in [0.1, 0.15) is 11.9 Å². The number of hydrogen-bond donors (Lipinski definition) is 1. The molecule has 26 heavy (non-hydrogen) atoms. The van der Waals surface area contributed by atoms with Gasteiger partial charge in [-0.1, -0.05) is 29.4 Å². The summed E-state index contributed by atoms with van der Waals surface area (Å²) in [6.45, 7) is 0. The summed E-state index contributed by atoms with van der Waals surface area (Å²) in [4.78, 5) is 12.8. The van der Waals surface area contributed by atoms with E-state index >= 15 is 0 Å². The second kappa shape index (κ2) is 6.51. The molecule has 2 aliphatic carbocycles. The minimum Gasteiger partial charge on any atom is -0.360 e. The molecule has 7 nitrogen and oxygen atoms in total. The van der Waals surface area contributed by atoms with Gasteiger partial charge in [-0.15, -0.1) is 0 Å². The van der Waals surface area contributed by atoms with Crippen molar-refractivity contribution in [1.82, 2.24) is 10.5 Å². The molecule has 0 aliphatic heterocycles. The number of fused-ring (bicyclic) bond motifs is 2. The van der Waals surface area contributed by atoms with Crippen LogP contribution in [-0.4, -0.2) is 31.8 Å². The van der Waals surface area contributed by atoms with Crippen LogP contribution in [0, 0.1) is 0 Å². The molecular weight excluding hydrogens is 356 g/mol. The lowest BCUT2D eigenvalue weighted by atomic mass is 9.96. The number of aromatic nitrogens is 1. The summed E-state index contributed by atoms with van der Waals surface area (Å²) in [7, 11) is -3.65. The van der Waals surface area contributed by atoms with Gasteiger partial charge in [0.2, 0.25) is 0 Å². The molecule has 0 saturated heterocycles. The first-order valence-corrected chi connectivity index (χ1v) is 10.5. The van der Waals surface area contributed by atoms with Crippen LogP contribution in [0.5, 0.6) is 0 Å². The van der Waals surface area contributed by atoms with E-state index in [2.05, 4.69) is 10.5 Å². The molecule has 1 amide bonds. The average molecular weight is 376 g/mol. The highest BCUT2D eigenvalue weighted by atomic mass is 32.2. The molecule has 8 heteroatoms. The molecule has 0 radical (unpaired) electrons. The van der Waals surface area contributed by atoms with Gasteiger partial charge in [-0.05, 0) is 30.4 Å². The Labute approximate surface area is 151 Å². The number of hydrogen-bond acceptors (Lipinski definition) is 6. The maximum absolute atomic E-state index is 12.8. The van der Waals surface area contributed by atoms with E-state index in [-0.39, 0.29) is 5.91 Å². The first-order chi connectivity index (χ1) is 12.4. The second-order valence-corrected chi connectivity index (χ2v) is 8.43. The number of nitrogens with one attached hydrogen (secondary N) is 1. The van der Waals surface area contributed by atoms with Crippen LogP contribution in [0.25, 0.3) is 0 Å². The van der Waals surface area contributed by atoms with Gasteiger partial charge in [-0.3, -0.25) is 8.98 Å². The number of carbonyl (C=O) groups excluding carboxylic acids is 1. The van der Waals surface area contributed by atoms with E-state index in [0.29, 0.717) is 12.1 Å². The maximum atomic E-state index is 12.8. The van der Waals surface area contributed by atoms with Gasteiger partial charge in [0.15, 0.2) is 5.69 Å². The summed E-state index contributed by atoms with van der Waals surface area (Å²) in [5.74, 6) is 0.415. The predicted molar refractivity (Wildman–Crippen MR) is 93.2 cm³/mol. The highest BCUT2D eigenvalue weighted by Crippen LogP contribution is 2.34. The summed E-state index contributed by atoms with van der Waals surface area (Å²) in [6.07, 6.45) is 4.36. The lowest BCUT2D eigenvalue weighted by Crippen LogP contribution is -2.36. The Balaban J connectivity index is 1.62. The molecule has 0 saturated carbocycles. The summed E-state index contributed by atoms with van der Waals surface area (Å²) in [5, 5.41) is 6.86. The molecule has 1 aromatic carbocycles. The Bertz CT molecular complexity index is 950. The zero-order valence-electron chi connectivity index (χ0n) is 14.4. The highest BCUT2D eigenvalue weighted by molar-refractivity contribution is 7.86. The van der Waals surface area contributed by atoms with Crippen LogP contribution in [0.1, 0.15) is 51.8 Å². The first kappa shape index (κ1) is 17.2. The molecule has 0 fully saturated rings. The fourth-order valence-corrected chi connectivity index (χ4v) is 4.44. The van der Waals surface area contributed by atoms with E-state index in [9.17, 15) is 13.2 Å². The number of carbonyl (C=O) groups is 1. The fourth-order valence-electron chi connectivity index (χ4n) is 3.82. The third kappa shape index (κ3) is 3.26. The zero-order chi connectivity index (χ0) is 18.3. The number of aryl methyl sites for hydroxylation is 1. The fraction of sp³-hybridized carbons (Fsp3) is 0.444. The van der Waals surface area contributed by atoms with Gasteiger partial charge in [-0.25, -0.2) is 0 Å². The third-order valence-electron chi connectivity index (χ3n) is 4.93. The van der Waals surface area contributed by atoms with Gasteiger partial charge in [0.05, 0.1) is 12.3 Å². The van der Waals surface area contributed by atoms with Gasteiger partial charge in [-0.2, -0.15) is 8.42 Å². The van der Waals surface area contributed by atoms with E-state index in [1.54, 1.807) is 0 Å². The molecule has 1 aromatic heterocycles. The molecule has 0 bridgehead atoms. The molecule has 2 atom stereocenters. The van der Waals surface area contributed by atoms with Crippen molar-refractivity contribution in [2.75, 3.05) is 6.26 Å². The number of nitrogens with zero attached hydrogens (tertiary/aromatic N) is 1. The number of benzene rings is 1. The van der Waals surface area contributed by atoms with Crippen molar-refractivity contribution in [3.63, 3.8) is 0 Å². The van der Waals surface area contributed by atoms with Crippen LogP contribution >= 0.6 is 0 Å². The van der Waals surface area contributed by atoms with Crippen LogP contribution in [-0.2, 0) is 33.6 Å². The van der Waals surface area contributed by atoms with Crippen LogP contribution in [0.3, 0.4) is 0 Å². The Morgan fingerprint density at radius 1 is 1.27 bits per heavy atom. The van der Waals surface area contributed by atoms with Crippen LogP contribution < -0.4 is 5.32 Å². The Hall–Kier alpha value is -2.19. The maximum Gasteiger partial charge on any atom is 0.274 e. The van der Waals surface area contributed by atoms with Crippen molar-refractivity contribution in [1.29, 1.82) is 0 Å². The number of rotatable bonds is 4. The molecule has 1 N–H and O–H groups in total. The average Bonchev–Trinajstić information content (AvgIpc) is 3.15. The van der Waals surface area contributed by atoms with Gasteiger partial charge >= 0.3 is 0 Å². The second-order valence-electron chi connectivity index (χ2n) is 6.83. The van der Waals surface area contributed by atoms with Crippen molar-refractivity contribution in [3.05, 3.63) is 52.4 Å². The van der Waals surface area contributed by atoms with E-state index < -0.39 is 22.3 Å². The minimum atomic E-state index is -3.65. The van der Waals surface area contributed by atoms with E-state index in [0.717, 1.165) is 54.4 Å². The quantitative estimate of drug-likeness (QED) is 0.819. The Morgan fingerprint density at radius 3 is 2.85 bits per heavy atom. The SMILES string of the molecule is CS(=O)(=O)O[C@@H]1Cc2ccccc2[C@@H]1NC(=O)c1noc2c1CCCC2. The van der Waals surface area contributed by atoms with E-state index in [4.69, 9.17) is 8.71 Å². The lowest BCUT2D eigenvalue weighted by Gasteiger charge is -2.21. The summed E-state index contributed by atoms with van der Waals surface area (Å²) >= 11 is 0. The van der Waals surface area contributed by atoms with Gasteiger partial charge in [0.25, 0.3) is 16.0 Å². The molecule has 2 aromatic rings. The van der Waals surface area contributed by atoms with Crippen molar-refractivity contribution in [3.8, 4) is 0 Å². The van der Waals surface area contributed by atoms with E-state index in [1.807, 2.05) is 24.3 Å². The molecule has 0 unspecified atom stereocenters. The molecule has 138 valence electrons. The molecular formula is C18H20N2O5S. The predicted octanol–water partition coefficient (Wildman–Crippen LogP) is 1.93. The van der Waals surface area contributed by atoms with Crippen molar-refractivity contribution in [2.45, 2.75) is 44.2 Å². The third-order valence-corrected chi connectivity index (χ3v) is 5.53. The lowest BCUT2D eigenvalue weighted by molar-refractivity contribution is 0.0878. The Morgan fingerprint density at radius 2 is 2.04 bits per heavy atom. The van der Waals surface area contributed by atoms with Gasteiger partial charge < -0.3 is 9.84 Å². The largest absolute Gasteiger partial charge is 0.360 e. The highest BCUT2D eigenvalue weighted by Gasteiger charge is 2.37. The molecule has 0 spiro atoms. The van der Waals surface area contributed by atoms with Crippen molar-refractivity contribution < 1.29 is 21.9 Å². The standard InChI is InChI=1S/C18H20N2O5S/c1-26(22,23)25-15-10-11-6-2-3-7-12(11)16(15)19-18(21)17-13-8-4-5-9-14(13)24-20-17/h2-3,6-7,15-16H,4-5,8-10H2,1H3,(H,19,21)/t15-,16+/m1/s1. The molecule has 2 aliphatic rings. The normalized spacial score (nSPS) is 21.9. The minimum absolute atomic E-state index is 0.294. The summed E-state index contributed by atoms with van der Waals surface area (Å²) in [6, 6.07) is 6.99. The zero-order valence-corrected chi connectivity index (χ0v) is 15.2. The van der Waals surface area contributed by atoms with Crippen LogP contribution in [0.4, 0.5) is 0 Å². The molecule has 4 rings (SSSR count). The molecule has 1 heterocycles. The van der Waals surface area contributed by atoms with Gasteiger partial charge in [0, 0.05) is 18.4 Å². The topological polar surface area (TPSA) is 98.5 Å². The number of amides is 1. The monoisotopic (exact) mass is 376 g/mol. The Kier molecular flexibility index (Phi) is 4.32. The van der Waals surface area contributed by atoms with E-state index in [1.165, 1.54) is 0 Å². The van der Waals surface area contributed by atoms with Crippen LogP contribution in [0.15, 0.2) is 28.8 Å². The smallest absolute Gasteiger partial charge is 0.274 e. The van der Waals surface area contributed by atoms with Crippen molar-refractivity contribution >= 4 is 16.0 Å².